The minimum Gasteiger partial charge on any atom is -0.375 e. The predicted octanol–water partition coefficient (Wildman–Crippen LogP) is 2.40. The van der Waals surface area contributed by atoms with E-state index < -0.39 is 24.2 Å². The molecule has 0 aliphatic carbocycles. The van der Waals surface area contributed by atoms with Crippen molar-refractivity contribution in [3.63, 3.8) is 0 Å². The molecule has 1 amide bonds. The van der Waals surface area contributed by atoms with Crippen LogP contribution in [-0.4, -0.2) is 28.9 Å². The molecule has 1 heterocycles. The van der Waals surface area contributed by atoms with Gasteiger partial charge >= 0.3 is 6.18 Å². The zero-order valence-corrected chi connectivity index (χ0v) is 13.1. The summed E-state index contributed by atoms with van der Waals surface area (Å²) in [7, 11) is 0. The van der Waals surface area contributed by atoms with E-state index in [0.29, 0.717) is 17.0 Å². The van der Waals surface area contributed by atoms with Crippen LogP contribution in [0.5, 0.6) is 0 Å². The number of nitrogens with one attached hydrogen (secondary N) is 1. The second-order valence-electron chi connectivity index (χ2n) is 5.48. The number of halogens is 3. The van der Waals surface area contributed by atoms with E-state index >= 15 is 0 Å². The number of carbonyl (C=O) groups excluding carboxylic acids is 1. The first kappa shape index (κ1) is 18.0. The van der Waals surface area contributed by atoms with Crippen LogP contribution in [0.3, 0.4) is 0 Å². The van der Waals surface area contributed by atoms with Gasteiger partial charge < -0.3 is 14.9 Å². The fourth-order valence-corrected chi connectivity index (χ4v) is 2.28. The molecule has 24 heavy (non-hydrogen) atoms. The molecule has 0 fully saturated rings. The van der Waals surface area contributed by atoms with E-state index in [4.69, 9.17) is 4.52 Å². The van der Waals surface area contributed by atoms with E-state index in [1.165, 1.54) is 18.2 Å². The monoisotopic (exact) mass is 342 g/mol. The zero-order chi connectivity index (χ0) is 18.0. The molecule has 0 radical (unpaired) electrons. The largest absolute Gasteiger partial charge is 0.423 e. The van der Waals surface area contributed by atoms with Gasteiger partial charge in [0.2, 0.25) is 11.5 Å². The van der Waals surface area contributed by atoms with Gasteiger partial charge in [0.05, 0.1) is 18.7 Å². The smallest absolute Gasteiger partial charge is 0.375 e. The summed E-state index contributed by atoms with van der Waals surface area (Å²) in [6, 6.07) is 6.63. The van der Waals surface area contributed by atoms with Crippen LogP contribution in [0.2, 0.25) is 0 Å². The minimum atomic E-state index is -4.94. The SMILES string of the molecule is Cc1noc(C)c1CC(=O)NCC(O)(c1ccccc1)C(F)(F)F. The highest BCUT2D eigenvalue weighted by Gasteiger charge is 2.55. The molecule has 8 heteroatoms. The van der Waals surface area contributed by atoms with Crippen LogP contribution in [-0.2, 0) is 16.8 Å². The van der Waals surface area contributed by atoms with Crippen molar-refractivity contribution >= 4 is 5.91 Å². The summed E-state index contributed by atoms with van der Waals surface area (Å²) in [6.45, 7) is 2.26. The number of aromatic nitrogens is 1. The van der Waals surface area contributed by atoms with Crippen LogP contribution in [0.4, 0.5) is 13.2 Å². The highest BCUT2D eigenvalue weighted by atomic mass is 19.4. The van der Waals surface area contributed by atoms with Gasteiger partial charge in [0, 0.05) is 5.56 Å². The lowest BCUT2D eigenvalue weighted by molar-refractivity contribution is -0.264. The first-order valence-corrected chi connectivity index (χ1v) is 7.18. The van der Waals surface area contributed by atoms with Gasteiger partial charge in [0.25, 0.3) is 0 Å². The van der Waals surface area contributed by atoms with Crippen molar-refractivity contribution in [3.8, 4) is 0 Å². The zero-order valence-electron chi connectivity index (χ0n) is 13.1. The molecule has 0 aliphatic rings. The normalized spacial score (nSPS) is 14.2. The standard InChI is InChI=1S/C16H17F3N2O3/c1-10-13(11(2)24-21-10)8-14(22)20-9-15(23,16(17,18)19)12-6-4-3-5-7-12/h3-7,23H,8-9H2,1-2H3,(H,20,22). The van der Waals surface area contributed by atoms with Gasteiger partial charge in [-0.1, -0.05) is 35.5 Å². The Hall–Kier alpha value is -2.35. The van der Waals surface area contributed by atoms with E-state index in [-0.39, 0.29) is 12.0 Å². The average Bonchev–Trinajstić information content (AvgIpc) is 2.84. The van der Waals surface area contributed by atoms with Gasteiger partial charge in [-0.3, -0.25) is 4.79 Å². The molecular weight excluding hydrogens is 325 g/mol. The Morgan fingerprint density at radius 2 is 1.88 bits per heavy atom. The number of alkyl halides is 3. The minimum absolute atomic E-state index is 0.177. The van der Waals surface area contributed by atoms with Crippen LogP contribution in [0.1, 0.15) is 22.6 Å². The summed E-state index contributed by atoms with van der Waals surface area (Å²) >= 11 is 0. The van der Waals surface area contributed by atoms with Crippen molar-refractivity contribution in [2.24, 2.45) is 0 Å². The molecule has 0 saturated heterocycles. The number of aliphatic hydroxyl groups is 1. The summed E-state index contributed by atoms with van der Waals surface area (Å²) < 4.78 is 44.9. The maximum absolute atomic E-state index is 13.3. The fourth-order valence-electron chi connectivity index (χ4n) is 2.28. The third-order valence-corrected chi connectivity index (χ3v) is 3.78. The quantitative estimate of drug-likeness (QED) is 0.875. The van der Waals surface area contributed by atoms with E-state index in [0.717, 1.165) is 12.1 Å². The van der Waals surface area contributed by atoms with Gasteiger partial charge in [0.1, 0.15) is 5.76 Å². The van der Waals surface area contributed by atoms with E-state index in [9.17, 15) is 23.1 Å². The fraction of sp³-hybridized carbons (Fsp3) is 0.375. The van der Waals surface area contributed by atoms with Crippen molar-refractivity contribution in [1.29, 1.82) is 0 Å². The number of carbonyl (C=O) groups is 1. The molecule has 1 aromatic carbocycles. The number of rotatable bonds is 5. The second-order valence-corrected chi connectivity index (χ2v) is 5.48. The molecule has 1 atom stereocenters. The Labute approximate surface area is 136 Å². The van der Waals surface area contributed by atoms with Crippen molar-refractivity contribution in [2.75, 3.05) is 6.54 Å². The lowest BCUT2D eigenvalue weighted by Gasteiger charge is -2.31. The molecule has 2 rings (SSSR count). The average molecular weight is 342 g/mol. The Balaban J connectivity index is 2.13. The summed E-state index contributed by atoms with van der Waals surface area (Å²) in [6.07, 6.45) is -5.12. The molecule has 130 valence electrons. The molecule has 2 N–H and O–H groups in total. The Morgan fingerprint density at radius 1 is 1.25 bits per heavy atom. The maximum atomic E-state index is 13.3. The highest BCUT2D eigenvalue weighted by Crippen LogP contribution is 2.38. The van der Waals surface area contributed by atoms with Crippen molar-refractivity contribution in [3.05, 3.63) is 52.9 Å². The number of aryl methyl sites for hydroxylation is 2. The van der Waals surface area contributed by atoms with Crippen LogP contribution < -0.4 is 5.32 Å². The number of hydrogen-bond acceptors (Lipinski definition) is 4. The lowest BCUT2D eigenvalue weighted by Crippen LogP contribution is -2.51. The number of nitrogens with zero attached hydrogens (tertiary/aromatic N) is 1. The maximum Gasteiger partial charge on any atom is 0.423 e. The van der Waals surface area contributed by atoms with Crippen molar-refractivity contribution in [2.45, 2.75) is 32.0 Å². The number of hydrogen-bond donors (Lipinski definition) is 2. The van der Waals surface area contributed by atoms with Crippen molar-refractivity contribution in [1.82, 2.24) is 10.5 Å². The first-order chi connectivity index (χ1) is 11.1. The Kier molecular flexibility index (Phi) is 4.98. The van der Waals surface area contributed by atoms with Gasteiger partial charge in [-0.2, -0.15) is 13.2 Å². The molecule has 0 spiro atoms. The topological polar surface area (TPSA) is 75.4 Å². The van der Waals surface area contributed by atoms with Gasteiger partial charge in [0.15, 0.2) is 0 Å². The molecule has 2 aromatic rings. The van der Waals surface area contributed by atoms with Gasteiger partial charge in [-0.05, 0) is 19.4 Å². The van der Waals surface area contributed by atoms with Crippen molar-refractivity contribution < 1.29 is 27.6 Å². The lowest BCUT2D eigenvalue weighted by atomic mass is 9.93. The molecule has 1 aromatic heterocycles. The molecule has 1 unspecified atom stereocenters. The molecule has 0 bridgehead atoms. The summed E-state index contributed by atoms with van der Waals surface area (Å²) in [5, 5.41) is 16.0. The highest BCUT2D eigenvalue weighted by molar-refractivity contribution is 5.79. The van der Waals surface area contributed by atoms with Crippen LogP contribution >= 0.6 is 0 Å². The van der Waals surface area contributed by atoms with Gasteiger partial charge in [-0.25, -0.2) is 0 Å². The number of benzene rings is 1. The Bertz CT molecular complexity index is 694. The molecule has 0 aliphatic heterocycles. The summed E-state index contributed by atoms with van der Waals surface area (Å²) in [4.78, 5) is 12.0. The van der Waals surface area contributed by atoms with E-state index in [1.807, 2.05) is 0 Å². The first-order valence-electron chi connectivity index (χ1n) is 7.18. The summed E-state index contributed by atoms with van der Waals surface area (Å²) in [5.41, 5.74) is -2.49. The third-order valence-electron chi connectivity index (χ3n) is 3.78. The summed E-state index contributed by atoms with van der Waals surface area (Å²) in [5.74, 6) is -0.236. The van der Waals surface area contributed by atoms with Crippen LogP contribution in [0.15, 0.2) is 34.9 Å². The second kappa shape index (κ2) is 6.64. The van der Waals surface area contributed by atoms with E-state index in [1.54, 1.807) is 13.8 Å². The predicted molar refractivity (Wildman–Crippen MR) is 79.1 cm³/mol. The van der Waals surface area contributed by atoms with E-state index in [2.05, 4.69) is 10.5 Å². The molecular formula is C16H17F3N2O3. The van der Waals surface area contributed by atoms with Gasteiger partial charge in [-0.15, -0.1) is 0 Å². The van der Waals surface area contributed by atoms with Crippen LogP contribution in [0, 0.1) is 13.8 Å². The third kappa shape index (κ3) is 3.59. The number of amides is 1. The molecule has 5 nitrogen and oxygen atoms in total. The Morgan fingerprint density at radius 3 is 2.38 bits per heavy atom. The molecule has 0 saturated carbocycles. The van der Waals surface area contributed by atoms with Crippen LogP contribution in [0.25, 0.3) is 0 Å².